The van der Waals surface area contributed by atoms with Gasteiger partial charge in [0.1, 0.15) is 0 Å². The van der Waals surface area contributed by atoms with Crippen molar-refractivity contribution < 1.29 is 9.53 Å². The average Bonchev–Trinajstić information content (AvgIpc) is 2.67. The maximum atomic E-state index is 12.1. The molecule has 2 aliphatic rings. The lowest BCUT2D eigenvalue weighted by Gasteiger charge is -2.49. The van der Waals surface area contributed by atoms with E-state index < -0.39 is 6.09 Å². The minimum Gasteiger partial charge on any atom is -0.450 e. The fourth-order valence-electron chi connectivity index (χ4n) is 4.75. The summed E-state index contributed by atoms with van der Waals surface area (Å²) >= 11 is 0. The minimum absolute atomic E-state index is 0.0713. The Morgan fingerprint density at radius 2 is 1.75 bits per heavy atom. The van der Waals surface area contributed by atoms with Crippen molar-refractivity contribution in [2.45, 2.75) is 51.4 Å². The van der Waals surface area contributed by atoms with Crippen molar-refractivity contribution in [2.75, 3.05) is 29.9 Å². The molecule has 4 nitrogen and oxygen atoms in total. The monoisotopic (exact) mass is 378 g/mol. The van der Waals surface area contributed by atoms with Crippen LogP contribution in [0.1, 0.15) is 57.2 Å². The summed E-state index contributed by atoms with van der Waals surface area (Å²) in [6, 6.07) is 15.1. The van der Waals surface area contributed by atoms with Gasteiger partial charge < -0.3 is 9.64 Å². The number of benzene rings is 2. The van der Waals surface area contributed by atoms with Crippen LogP contribution in [0.5, 0.6) is 0 Å². The van der Waals surface area contributed by atoms with Crippen LogP contribution in [0.25, 0.3) is 0 Å². The summed E-state index contributed by atoms with van der Waals surface area (Å²) in [5, 5.41) is 2.95. The van der Waals surface area contributed by atoms with Crippen molar-refractivity contribution in [3.63, 3.8) is 0 Å². The van der Waals surface area contributed by atoms with E-state index >= 15 is 0 Å². The van der Waals surface area contributed by atoms with Crippen LogP contribution in [-0.2, 0) is 15.6 Å². The Morgan fingerprint density at radius 3 is 2.46 bits per heavy atom. The molecule has 0 aliphatic carbocycles. The van der Waals surface area contributed by atoms with Gasteiger partial charge in [0.15, 0.2) is 0 Å². The van der Waals surface area contributed by atoms with E-state index in [4.69, 9.17) is 4.74 Å². The zero-order valence-corrected chi connectivity index (χ0v) is 17.3. The zero-order valence-electron chi connectivity index (χ0n) is 17.3. The first-order valence-electron chi connectivity index (χ1n) is 10.3. The van der Waals surface area contributed by atoms with E-state index in [9.17, 15) is 4.79 Å². The van der Waals surface area contributed by atoms with E-state index in [-0.39, 0.29) is 10.8 Å². The van der Waals surface area contributed by atoms with Gasteiger partial charge in [-0.2, -0.15) is 0 Å². The number of nitrogens with zero attached hydrogens (tertiary/aromatic N) is 1. The van der Waals surface area contributed by atoms with Crippen LogP contribution in [-0.4, -0.2) is 25.8 Å². The van der Waals surface area contributed by atoms with Crippen LogP contribution in [0.2, 0.25) is 0 Å². The maximum absolute atomic E-state index is 12.1. The second-order valence-electron chi connectivity index (χ2n) is 8.83. The molecule has 148 valence electrons. The normalized spacial score (nSPS) is 22.4. The second kappa shape index (κ2) is 6.84. The third kappa shape index (κ3) is 3.05. The second-order valence-corrected chi connectivity index (χ2v) is 8.83. The van der Waals surface area contributed by atoms with Crippen LogP contribution in [0.4, 0.5) is 16.2 Å². The van der Waals surface area contributed by atoms with Gasteiger partial charge in [-0.3, -0.25) is 5.32 Å². The van der Waals surface area contributed by atoms with Gasteiger partial charge in [-0.15, -0.1) is 0 Å². The smallest absolute Gasteiger partial charge is 0.411 e. The molecule has 0 saturated heterocycles. The zero-order chi connectivity index (χ0) is 19.9. The fourth-order valence-corrected chi connectivity index (χ4v) is 4.75. The van der Waals surface area contributed by atoms with Crippen molar-refractivity contribution in [2.24, 2.45) is 0 Å². The number of anilines is 2. The summed E-state index contributed by atoms with van der Waals surface area (Å²) in [7, 11) is 0. The summed E-state index contributed by atoms with van der Waals surface area (Å²) in [6.45, 7) is 11.3. The highest BCUT2D eigenvalue weighted by molar-refractivity contribution is 5.87. The van der Waals surface area contributed by atoms with Gasteiger partial charge in [0.25, 0.3) is 0 Å². The van der Waals surface area contributed by atoms with Crippen LogP contribution in [0, 0.1) is 0 Å². The predicted octanol–water partition coefficient (Wildman–Crippen LogP) is 5.45. The Kier molecular flexibility index (Phi) is 4.60. The summed E-state index contributed by atoms with van der Waals surface area (Å²) in [5.74, 6) is 0. The van der Waals surface area contributed by atoms with Crippen LogP contribution < -0.4 is 10.2 Å². The summed E-state index contributed by atoms with van der Waals surface area (Å²) in [4.78, 5) is 14.6. The quantitative estimate of drug-likeness (QED) is 0.772. The van der Waals surface area contributed by atoms with Crippen molar-refractivity contribution in [1.29, 1.82) is 0 Å². The Bertz CT molecular complexity index is 891. The molecule has 0 bridgehead atoms. The number of ether oxygens (including phenoxy) is 1. The molecule has 2 aromatic rings. The fraction of sp³-hybridized carbons (Fsp3) is 0.458. The molecule has 1 atom stereocenters. The van der Waals surface area contributed by atoms with E-state index in [1.165, 1.54) is 22.4 Å². The van der Waals surface area contributed by atoms with Gasteiger partial charge in [0.05, 0.1) is 6.61 Å². The first-order valence-corrected chi connectivity index (χ1v) is 10.3. The molecule has 0 fully saturated rings. The largest absolute Gasteiger partial charge is 0.450 e. The van der Waals surface area contributed by atoms with Gasteiger partial charge in [0.2, 0.25) is 0 Å². The molecule has 0 spiro atoms. The average molecular weight is 379 g/mol. The molecular weight excluding hydrogens is 348 g/mol. The molecule has 1 N–H and O–H groups in total. The summed E-state index contributed by atoms with van der Waals surface area (Å²) in [6.07, 6.45) is 1.79. The lowest BCUT2D eigenvalue weighted by Crippen LogP contribution is -2.46. The van der Waals surface area contributed by atoms with Crippen molar-refractivity contribution in [1.82, 2.24) is 0 Å². The van der Waals surface area contributed by atoms with Gasteiger partial charge >= 0.3 is 6.09 Å². The number of amides is 1. The van der Waals surface area contributed by atoms with Gasteiger partial charge in [-0.25, -0.2) is 4.79 Å². The van der Waals surface area contributed by atoms with Crippen LogP contribution >= 0.6 is 0 Å². The molecule has 0 unspecified atom stereocenters. The predicted molar refractivity (Wildman–Crippen MR) is 114 cm³/mol. The highest BCUT2D eigenvalue weighted by atomic mass is 16.5. The number of hydrogen-bond donors (Lipinski definition) is 1. The van der Waals surface area contributed by atoms with E-state index in [2.05, 4.69) is 73.5 Å². The Labute approximate surface area is 167 Å². The van der Waals surface area contributed by atoms with Gasteiger partial charge in [-0.05, 0) is 54.0 Å². The molecule has 28 heavy (non-hydrogen) atoms. The van der Waals surface area contributed by atoms with E-state index in [0.717, 1.165) is 31.6 Å². The molecule has 2 aliphatic heterocycles. The lowest BCUT2D eigenvalue weighted by atomic mass is 9.66. The number of hydrogen-bond acceptors (Lipinski definition) is 3. The van der Waals surface area contributed by atoms with Gasteiger partial charge in [0, 0.05) is 29.9 Å². The third-order valence-corrected chi connectivity index (χ3v) is 6.57. The van der Waals surface area contributed by atoms with E-state index in [1.807, 2.05) is 6.92 Å². The molecule has 0 aromatic heterocycles. The van der Waals surface area contributed by atoms with Crippen molar-refractivity contribution in [3.8, 4) is 0 Å². The Hall–Kier alpha value is -2.49. The molecule has 0 saturated carbocycles. The Balaban J connectivity index is 1.90. The Morgan fingerprint density at radius 1 is 1.07 bits per heavy atom. The molecule has 4 heteroatoms. The van der Waals surface area contributed by atoms with Gasteiger partial charge in [-0.1, -0.05) is 51.1 Å². The number of nitrogens with one attached hydrogen (secondary N) is 1. The van der Waals surface area contributed by atoms with Crippen LogP contribution in [0.15, 0.2) is 42.5 Å². The molecule has 0 radical (unpaired) electrons. The third-order valence-electron chi connectivity index (χ3n) is 6.57. The first kappa shape index (κ1) is 18.9. The summed E-state index contributed by atoms with van der Waals surface area (Å²) in [5.41, 5.74) is 6.14. The van der Waals surface area contributed by atoms with Crippen molar-refractivity contribution in [3.05, 3.63) is 59.2 Å². The highest BCUT2D eigenvalue weighted by Gasteiger charge is 2.42. The molecular formula is C24H30N2O2. The summed E-state index contributed by atoms with van der Waals surface area (Å²) < 4.78 is 5.13. The molecule has 2 aromatic carbocycles. The standard InChI is InChI=1S/C24H30N2O2/c1-5-28-22(27)25-18-15-19-21-20(16-18)24(4,17-9-7-6-8-10-17)12-14-26(21)13-11-23(19,2)3/h6-10,15-16H,5,11-14H2,1-4H3,(H,25,27)/t24-/m0/s1. The number of carbonyl (C=O) groups excluding carboxylic acids is 1. The molecule has 1 amide bonds. The maximum Gasteiger partial charge on any atom is 0.411 e. The SMILES string of the molecule is CCOC(=O)Nc1cc2c3c(c1)[C@](C)(c1ccccc1)CCN3CCC2(C)C. The van der Waals surface area contributed by atoms with Crippen molar-refractivity contribution >= 4 is 17.5 Å². The molecule has 2 heterocycles. The first-order chi connectivity index (χ1) is 13.3. The lowest BCUT2D eigenvalue weighted by molar-refractivity contribution is 0.168. The number of carbonyl (C=O) groups is 1. The van der Waals surface area contributed by atoms with E-state index in [0.29, 0.717) is 6.61 Å². The minimum atomic E-state index is -0.391. The molecule has 4 rings (SSSR count). The topological polar surface area (TPSA) is 41.6 Å². The van der Waals surface area contributed by atoms with E-state index in [1.54, 1.807) is 0 Å². The number of rotatable bonds is 3. The van der Waals surface area contributed by atoms with Crippen LogP contribution in [0.3, 0.4) is 0 Å². The highest BCUT2D eigenvalue weighted by Crippen LogP contribution is 2.52.